The summed E-state index contributed by atoms with van der Waals surface area (Å²) >= 11 is 0. The van der Waals surface area contributed by atoms with E-state index in [9.17, 15) is 14.4 Å². The van der Waals surface area contributed by atoms with Crippen LogP contribution in [0.5, 0.6) is 5.75 Å². The lowest BCUT2D eigenvalue weighted by atomic mass is 10.1. The van der Waals surface area contributed by atoms with E-state index in [1.807, 2.05) is 13.8 Å². The molecule has 0 atom stereocenters. The summed E-state index contributed by atoms with van der Waals surface area (Å²) in [6, 6.07) is 4.84. The van der Waals surface area contributed by atoms with Crippen molar-refractivity contribution in [3.05, 3.63) is 23.8 Å². The SMILES string of the molecule is Cc1cc(OCC(=O)O)ccc1NC(=O)CNC(=O)CCC(C)C. The second-order valence-electron chi connectivity index (χ2n) is 5.92. The minimum Gasteiger partial charge on any atom is -0.482 e. The van der Waals surface area contributed by atoms with Crippen molar-refractivity contribution in [3.8, 4) is 5.75 Å². The van der Waals surface area contributed by atoms with E-state index in [1.54, 1.807) is 25.1 Å². The largest absolute Gasteiger partial charge is 0.482 e. The number of hydrogen-bond donors (Lipinski definition) is 3. The van der Waals surface area contributed by atoms with Crippen molar-refractivity contribution in [2.45, 2.75) is 33.6 Å². The van der Waals surface area contributed by atoms with Crippen LogP contribution >= 0.6 is 0 Å². The number of hydrogen-bond acceptors (Lipinski definition) is 4. The van der Waals surface area contributed by atoms with Crippen LogP contribution in [0.2, 0.25) is 0 Å². The Morgan fingerprint density at radius 1 is 1.21 bits per heavy atom. The first-order chi connectivity index (χ1) is 11.3. The molecule has 1 rings (SSSR count). The standard InChI is InChI=1S/C17H24N2O5/c1-11(2)4-7-15(20)18-9-16(21)19-14-6-5-13(8-12(14)3)24-10-17(22)23/h5-6,8,11H,4,7,9-10H2,1-3H3,(H,18,20)(H,19,21)(H,22,23). The predicted molar refractivity (Wildman–Crippen MR) is 90.0 cm³/mol. The van der Waals surface area contributed by atoms with Crippen molar-refractivity contribution < 1.29 is 24.2 Å². The predicted octanol–water partition coefficient (Wildman–Crippen LogP) is 1.95. The highest BCUT2D eigenvalue weighted by Crippen LogP contribution is 2.21. The van der Waals surface area contributed by atoms with Gasteiger partial charge in [-0.05, 0) is 43.0 Å². The van der Waals surface area contributed by atoms with Crippen LogP contribution in [0.25, 0.3) is 0 Å². The Morgan fingerprint density at radius 3 is 2.50 bits per heavy atom. The van der Waals surface area contributed by atoms with Crippen LogP contribution in [0, 0.1) is 12.8 Å². The van der Waals surface area contributed by atoms with Crippen LogP contribution in [0.4, 0.5) is 5.69 Å². The van der Waals surface area contributed by atoms with E-state index >= 15 is 0 Å². The number of carbonyl (C=O) groups is 3. The van der Waals surface area contributed by atoms with Gasteiger partial charge in [-0.25, -0.2) is 4.79 Å². The Balaban J connectivity index is 2.46. The first-order valence-corrected chi connectivity index (χ1v) is 7.79. The quantitative estimate of drug-likeness (QED) is 0.639. The van der Waals surface area contributed by atoms with Crippen molar-refractivity contribution in [2.75, 3.05) is 18.5 Å². The van der Waals surface area contributed by atoms with Gasteiger partial charge in [0.1, 0.15) is 5.75 Å². The Bertz CT molecular complexity index is 599. The highest BCUT2D eigenvalue weighted by molar-refractivity contribution is 5.95. The summed E-state index contributed by atoms with van der Waals surface area (Å²) in [5.41, 5.74) is 1.32. The van der Waals surface area contributed by atoms with Crippen LogP contribution in [-0.2, 0) is 14.4 Å². The number of carboxylic acid groups (broad SMARTS) is 1. The van der Waals surface area contributed by atoms with Gasteiger partial charge in [0.15, 0.2) is 6.61 Å². The molecular weight excluding hydrogens is 312 g/mol. The summed E-state index contributed by atoms with van der Waals surface area (Å²) < 4.78 is 5.06. The number of rotatable bonds is 9. The summed E-state index contributed by atoms with van der Waals surface area (Å²) in [4.78, 5) is 33.9. The maximum Gasteiger partial charge on any atom is 0.341 e. The molecule has 0 saturated carbocycles. The van der Waals surface area contributed by atoms with Crippen LogP contribution in [0.15, 0.2) is 18.2 Å². The number of anilines is 1. The first-order valence-electron chi connectivity index (χ1n) is 7.79. The second kappa shape index (κ2) is 9.54. The Hall–Kier alpha value is -2.57. The van der Waals surface area contributed by atoms with Crippen molar-refractivity contribution >= 4 is 23.5 Å². The summed E-state index contributed by atoms with van der Waals surface area (Å²) in [6.07, 6.45) is 1.18. The molecule has 0 unspecified atom stereocenters. The van der Waals surface area contributed by atoms with Crippen LogP contribution in [0.3, 0.4) is 0 Å². The van der Waals surface area contributed by atoms with Gasteiger partial charge in [-0.2, -0.15) is 0 Å². The van der Waals surface area contributed by atoms with Gasteiger partial charge in [0.05, 0.1) is 6.54 Å². The smallest absolute Gasteiger partial charge is 0.341 e. The third-order valence-electron chi connectivity index (χ3n) is 3.23. The van der Waals surface area contributed by atoms with Crippen molar-refractivity contribution in [1.82, 2.24) is 5.32 Å². The zero-order valence-electron chi connectivity index (χ0n) is 14.2. The number of carbonyl (C=O) groups excluding carboxylic acids is 2. The number of carboxylic acids is 1. The van der Waals surface area contributed by atoms with Crippen LogP contribution in [0.1, 0.15) is 32.3 Å². The summed E-state index contributed by atoms with van der Waals surface area (Å²) in [5.74, 6) is -0.676. The normalized spacial score (nSPS) is 10.3. The lowest BCUT2D eigenvalue weighted by Gasteiger charge is -2.11. The zero-order valence-corrected chi connectivity index (χ0v) is 14.2. The first kappa shape index (κ1) is 19.5. The number of ether oxygens (including phenoxy) is 1. The van der Waals surface area contributed by atoms with Crippen LogP contribution < -0.4 is 15.4 Å². The zero-order chi connectivity index (χ0) is 18.1. The third kappa shape index (κ3) is 7.62. The van der Waals surface area contributed by atoms with Gasteiger partial charge in [0.25, 0.3) is 0 Å². The van der Waals surface area contributed by atoms with E-state index in [1.165, 1.54) is 0 Å². The molecule has 0 bridgehead atoms. The van der Waals surface area contributed by atoms with Crippen molar-refractivity contribution in [1.29, 1.82) is 0 Å². The molecule has 2 amide bonds. The molecule has 0 fully saturated rings. The minimum absolute atomic E-state index is 0.0896. The van der Waals surface area contributed by atoms with E-state index in [0.717, 1.165) is 12.0 Å². The molecule has 0 aliphatic carbocycles. The molecule has 1 aromatic rings. The lowest BCUT2D eigenvalue weighted by Crippen LogP contribution is -2.33. The van der Waals surface area contributed by atoms with E-state index in [-0.39, 0.29) is 18.4 Å². The Labute approximate surface area is 141 Å². The van der Waals surface area contributed by atoms with Crippen molar-refractivity contribution in [3.63, 3.8) is 0 Å². The minimum atomic E-state index is -1.06. The highest BCUT2D eigenvalue weighted by Gasteiger charge is 2.09. The number of nitrogens with one attached hydrogen (secondary N) is 2. The van der Waals surface area contributed by atoms with E-state index in [2.05, 4.69) is 10.6 Å². The third-order valence-corrected chi connectivity index (χ3v) is 3.23. The van der Waals surface area contributed by atoms with Gasteiger partial charge in [0, 0.05) is 12.1 Å². The highest BCUT2D eigenvalue weighted by atomic mass is 16.5. The molecule has 0 saturated heterocycles. The molecule has 7 heteroatoms. The molecule has 0 heterocycles. The Kier molecular flexibility index (Phi) is 7.74. The second-order valence-corrected chi connectivity index (χ2v) is 5.92. The van der Waals surface area contributed by atoms with E-state index in [4.69, 9.17) is 9.84 Å². The maximum absolute atomic E-state index is 11.9. The molecule has 1 aromatic carbocycles. The Morgan fingerprint density at radius 2 is 1.92 bits per heavy atom. The number of aliphatic carboxylic acids is 1. The monoisotopic (exact) mass is 336 g/mol. The summed E-state index contributed by atoms with van der Waals surface area (Å²) in [6.45, 7) is 5.32. The topological polar surface area (TPSA) is 105 Å². The average Bonchev–Trinajstić information content (AvgIpc) is 2.51. The summed E-state index contributed by atoms with van der Waals surface area (Å²) in [7, 11) is 0. The van der Waals surface area contributed by atoms with Gasteiger partial charge in [-0.3, -0.25) is 9.59 Å². The number of amides is 2. The molecule has 3 N–H and O–H groups in total. The molecule has 132 valence electrons. The molecule has 7 nitrogen and oxygen atoms in total. The van der Waals surface area contributed by atoms with Crippen molar-refractivity contribution in [2.24, 2.45) is 5.92 Å². The fourth-order valence-corrected chi connectivity index (χ4v) is 1.89. The fourth-order valence-electron chi connectivity index (χ4n) is 1.89. The molecule has 0 radical (unpaired) electrons. The van der Waals surface area contributed by atoms with Gasteiger partial charge in [-0.15, -0.1) is 0 Å². The van der Waals surface area contributed by atoms with Gasteiger partial charge in [-0.1, -0.05) is 13.8 Å². The molecule has 0 aromatic heterocycles. The van der Waals surface area contributed by atoms with E-state index in [0.29, 0.717) is 23.8 Å². The molecule has 0 aliphatic rings. The maximum atomic E-state index is 11.9. The molecular formula is C17H24N2O5. The summed E-state index contributed by atoms with van der Waals surface area (Å²) in [5, 5.41) is 13.9. The van der Waals surface area contributed by atoms with E-state index < -0.39 is 12.6 Å². The molecule has 0 aliphatic heterocycles. The van der Waals surface area contributed by atoms with Gasteiger partial charge >= 0.3 is 5.97 Å². The fraction of sp³-hybridized carbons (Fsp3) is 0.471. The van der Waals surface area contributed by atoms with Gasteiger partial charge < -0.3 is 20.5 Å². The lowest BCUT2D eigenvalue weighted by molar-refractivity contribution is -0.139. The molecule has 0 spiro atoms. The number of aryl methyl sites for hydroxylation is 1. The molecule has 24 heavy (non-hydrogen) atoms. The van der Waals surface area contributed by atoms with Gasteiger partial charge in [0.2, 0.25) is 11.8 Å². The average molecular weight is 336 g/mol. The van der Waals surface area contributed by atoms with Crippen LogP contribution in [-0.4, -0.2) is 36.0 Å². The number of benzene rings is 1.